The van der Waals surface area contributed by atoms with E-state index in [-0.39, 0.29) is 0 Å². The van der Waals surface area contributed by atoms with Gasteiger partial charge in [0, 0.05) is 0 Å². The molecule has 18 heavy (non-hydrogen) atoms. The number of hydrogen-bond acceptors (Lipinski definition) is 3. The predicted molar refractivity (Wildman–Crippen MR) is 59.3 cm³/mol. The summed E-state index contributed by atoms with van der Waals surface area (Å²) in [6.45, 7) is 2.22. The van der Waals surface area contributed by atoms with Crippen LogP contribution in [0.2, 0.25) is 0 Å². The van der Waals surface area contributed by atoms with E-state index in [1.807, 2.05) is 0 Å². The molecule has 104 valence electrons. The zero-order valence-corrected chi connectivity index (χ0v) is 11.4. The molecule has 0 radical (unpaired) electrons. The zero-order chi connectivity index (χ0) is 14.4. The molecule has 0 saturated carbocycles. The SMILES string of the molecule is CC(C)([n+]1cc[nH]c1)C(O)(P(=O)(O)O)P(=O)(O)O. The summed E-state index contributed by atoms with van der Waals surface area (Å²) in [7, 11) is -11.0. The van der Waals surface area contributed by atoms with Crippen molar-refractivity contribution in [2.45, 2.75) is 24.5 Å². The molecule has 0 bridgehead atoms. The molecule has 0 aliphatic carbocycles. The summed E-state index contributed by atoms with van der Waals surface area (Å²) in [6.07, 6.45) is 3.88. The van der Waals surface area contributed by atoms with Gasteiger partial charge in [0.15, 0.2) is 5.54 Å². The van der Waals surface area contributed by atoms with E-state index >= 15 is 0 Å². The van der Waals surface area contributed by atoms with Crippen molar-refractivity contribution in [2.75, 3.05) is 0 Å². The lowest BCUT2D eigenvalue weighted by Crippen LogP contribution is -2.64. The van der Waals surface area contributed by atoms with E-state index in [4.69, 9.17) is 19.6 Å². The van der Waals surface area contributed by atoms with Crippen LogP contribution in [-0.2, 0) is 14.7 Å². The van der Waals surface area contributed by atoms with E-state index in [0.29, 0.717) is 0 Å². The normalized spacial score (nSPS) is 14.8. The largest absolute Gasteiger partial charge is 0.374 e. The summed E-state index contributed by atoms with van der Waals surface area (Å²) < 4.78 is 23.8. The molecule has 0 unspecified atom stereocenters. The van der Waals surface area contributed by atoms with Crippen molar-refractivity contribution in [1.82, 2.24) is 4.98 Å². The van der Waals surface area contributed by atoms with Gasteiger partial charge in [-0.25, -0.2) is 4.57 Å². The predicted octanol–water partition coefficient (Wildman–Crippen LogP) is -0.961. The first-order chi connectivity index (χ1) is 7.86. The average Bonchev–Trinajstić information content (AvgIpc) is 2.65. The molecule has 9 nitrogen and oxygen atoms in total. The highest BCUT2D eigenvalue weighted by molar-refractivity contribution is 7.72. The van der Waals surface area contributed by atoms with Crippen molar-refractivity contribution < 1.29 is 38.4 Å². The molecule has 0 fully saturated rings. The maximum atomic E-state index is 11.4. The van der Waals surface area contributed by atoms with Crippen molar-refractivity contribution >= 4 is 15.2 Å². The first-order valence-corrected chi connectivity index (χ1v) is 7.96. The van der Waals surface area contributed by atoms with Crippen LogP contribution in [0, 0.1) is 0 Å². The molecule has 1 aromatic heterocycles. The summed E-state index contributed by atoms with van der Waals surface area (Å²) >= 11 is 0. The molecule has 0 aliphatic heterocycles. The van der Waals surface area contributed by atoms with Crippen LogP contribution in [0.1, 0.15) is 13.8 Å². The van der Waals surface area contributed by atoms with Gasteiger partial charge in [-0.1, -0.05) is 0 Å². The molecule has 1 rings (SSSR count). The number of aromatic nitrogens is 2. The molecule has 0 saturated heterocycles. The van der Waals surface area contributed by atoms with Gasteiger partial charge < -0.3 is 24.7 Å². The van der Waals surface area contributed by atoms with Crippen LogP contribution in [0.15, 0.2) is 18.7 Å². The Bertz CT molecular complexity index is 492. The maximum absolute atomic E-state index is 11.4. The highest BCUT2D eigenvalue weighted by Crippen LogP contribution is 2.71. The van der Waals surface area contributed by atoms with Gasteiger partial charge in [-0.05, 0) is 13.8 Å². The number of imidazole rings is 1. The number of hydrogen-bond donors (Lipinski definition) is 6. The van der Waals surface area contributed by atoms with Crippen LogP contribution in [0.4, 0.5) is 0 Å². The van der Waals surface area contributed by atoms with Gasteiger partial charge in [0.25, 0.3) is 0 Å². The molecule has 0 spiro atoms. The summed E-state index contributed by atoms with van der Waals surface area (Å²) in [5.41, 5.74) is -1.94. The maximum Gasteiger partial charge on any atom is 0.374 e. The average molecular weight is 301 g/mol. The Morgan fingerprint density at radius 1 is 1.11 bits per heavy atom. The highest BCUT2D eigenvalue weighted by Gasteiger charge is 2.71. The number of H-pyrrole nitrogens is 1. The third kappa shape index (κ3) is 2.08. The number of nitrogens with zero attached hydrogens (tertiary/aromatic N) is 1. The molecule has 1 aromatic rings. The zero-order valence-electron chi connectivity index (χ0n) is 9.63. The fourth-order valence-corrected chi connectivity index (χ4v) is 4.71. The lowest BCUT2D eigenvalue weighted by atomic mass is 10.1. The molecule has 6 N–H and O–H groups in total. The molecule has 0 aliphatic rings. The Hall–Kier alpha value is -0.530. The van der Waals surface area contributed by atoms with Crippen molar-refractivity contribution in [3.8, 4) is 0 Å². The lowest BCUT2D eigenvalue weighted by Gasteiger charge is -2.39. The van der Waals surface area contributed by atoms with Crippen LogP contribution in [-0.4, -0.2) is 34.7 Å². The minimum absolute atomic E-state index is 1.07. The number of nitrogens with one attached hydrogen (secondary N) is 1. The fraction of sp³-hybridized carbons (Fsp3) is 0.571. The van der Waals surface area contributed by atoms with Crippen LogP contribution < -0.4 is 4.57 Å². The Kier molecular flexibility index (Phi) is 3.66. The topological polar surface area (TPSA) is 155 Å². The van der Waals surface area contributed by atoms with E-state index in [0.717, 1.165) is 18.4 Å². The summed E-state index contributed by atoms with van der Waals surface area (Å²) in [5.74, 6) is 0. The van der Waals surface area contributed by atoms with Crippen molar-refractivity contribution in [2.24, 2.45) is 0 Å². The third-order valence-corrected chi connectivity index (χ3v) is 7.11. The van der Waals surface area contributed by atoms with E-state index in [1.165, 1.54) is 18.7 Å². The Labute approximate surface area is 102 Å². The standard InChI is InChI=1S/C7H14N2O7P2/c1-6(2,9-4-3-8-5-9)7(10,17(11,12)13)18(14,15)16/h3-5,10H,1-2H3,(H4,11,12,13,14,15,16)/p+1. The van der Waals surface area contributed by atoms with Crippen LogP contribution in [0.5, 0.6) is 0 Å². The molecule has 11 heteroatoms. The van der Waals surface area contributed by atoms with Gasteiger partial charge in [0.1, 0.15) is 12.4 Å². The molecule has 1 heterocycles. The third-order valence-electron chi connectivity index (χ3n) is 2.82. The van der Waals surface area contributed by atoms with E-state index in [9.17, 15) is 14.2 Å². The number of aromatic amines is 1. The quantitative estimate of drug-likeness (QED) is 0.309. The monoisotopic (exact) mass is 301 g/mol. The van der Waals surface area contributed by atoms with E-state index < -0.39 is 25.8 Å². The second kappa shape index (κ2) is 4.25. The molecular formula is C7H15N2O7P2+. The fourth-order valence-electron chi connectivity index (χ4n) is 1.69. The number of rotatable bonds is 4. The van der Waals surface area contributed by atoms with Gasteiger partial charge >= 0.3 is 20.3 Å². The summed E-state index contributed by atoms with van der Waals surface area (Å²) in [5, 5.41) is 6.50. The second-order valence-corrected chi connectivity index (χ2v) is 8.12. The minimum atomic E-state index is -5.51. The van der Waals surface area contributed by atoms with Gasteiger partial charge in [-0.15, -0.1) is 0 Å². The van der Waals surface area contributed by atoms with Gasteiger partial charge in [-0.2, -0.15) is 0 Å². The van der Waals surface area contributed by atoms with Gasteiger partial charge in [0.05, 0.1) is 0 Å². The molecule has 0 amide bonds. The second-order valence-electron chi connectivity index (χ2n) is 4.30. The molecule has 0 aromatic carbocycles. The molecule has 0 atom stereocenters. The van der Waals surface area contributed by atoms with E-state index in [1.54, 1.807) is 0 Å². The van der Waals surface area contributed by atoms with Crippen LogP contribution in [0.25, 0.3) is 0 Å². The summed E-state index contributed by atoms with van der Waals surface area (Å²) in [4.78, 5) is 39.2. The van der Waals surface area contributed by atoms with Crippen LogP contribution >= 0.6 is 15.2 Å². The van der Waals surface area contributed by atoms with Crippen molar-refractivity contribution in [3.63, 3.8) is 0 Å². The van der Waals surface area contributed by atoms with Gasteiger partial charge in [0.2, 0.25) is 6.33 Å². The van der Waals surface area contributed by atoms with Crippen molar-refractivity contribution in [3.05, 3.63) is 18.7 Å². The van der Waals surface area contributed by atoms with Crippen LogP contribution in [0.3, 0.4) is 0 Å². The highest BCUT2D eigenvalue weighted by atomic mass is 31.2. The molecular weight excluding hydrogens is 286 g/mol. The van der Waals surface area contributed by atoms with Crippen molar-refractivity contribution in [1.29, 1.82) is 0 Å². The first-order valence-electron chi connectivity index (χ1n) is 4.74. The smallest absolute Gasteiger partial charge is 0.364 e. The Morgan fingerprint density at radius 2 is 1.56 bits per heavy atom. The number of aliphatic hydroxyl groups is 1. The lowest BCUT2D eigenvalue weighted by molar-refractivity contribution is -0.764. The Morgan fingerprint density at radius 3 is 1.83 bits per heavy atom. The Balaban J connectivity index is 3.58. The summed E-state index contributed by atoms with van der Waals surface area (Å²) in [6, 6.07) is 0. The van der Waals surface area contributed by atoms with E-state index in [2.05, 4.69) is 4.98 Å². The van der Waals surface area contributed by atoms with Gasteiger partial charge in [-0.3, -0.25) is 14.1 Å². The minimum Gasteiger partial charge on any atom is -0.364 e. The first kappa shape index (κ1) is 15.5.